The number of hydrogen-bond donors (Lipinski definition) is 1. The van der Waals surface area contributed by atoms with E-state index in [9.17, 15) is 8.42 Å². The number of unbranched alkanes of at least 4 members (excludes halogenated alkanes) is 3. The molecule has 0 aliphatic rings. The van der Waals surface area contributed by atoms with E-state index in [2.05, 4.69) is 0 Å². The molecule has 2 N–H and O–H groups in total. The Kier molecular flexibility index (Phi) is 8.83. The van der Waals surface area contributed by atoms with Crippen LogP contribution in [0.2, 0.25) is 0 Å². The van der Waals surface area contributed by atoms with Gasteiger partial charge in [0.1, 0.15) is 0 Å². The largest absolute Gasteiger partial charge is 0.382 e. The van der Waals surface area contributed by atoms with Gasteiger partial charge in [-0.1, -0.05) is 12.8 Å². The lowest BCUT2D eigenvalue weighted by atomic mass is 10.2. The number of methoxy groups -OCH3 is 1. The van der Waals surface area contributed by atoms with Crippen molar-refractivity contribution >= 4 is 10.0 Å². The number of sulfonamides is 1. The van der Waals surface area contributed by atoms with Crippen molar-refractivity contribution in [1.29, 1.82) is 0 Å². The van der Waals surface area contributed by atoms with E-state index in [1.54, 1.807) is 7.11 Å². The molecule has 0 bridgehead atoms. The third-order valence-corrected chi connectivity index (χ3v) is 2.98. The molecule has 5 nitrogen and oxygen atoms in total. The van der Waals surface area contributed by atoms with Crippen LogP contribution in [-0.4, -0.2) is 40.6 Å². The summed E-state index contributed by atoms with van der Waals surface area (Å²) in [5.41, 5.74) is 0. The Morgan fingerprint density at radius 1 is 1.19 bits per heavy atom. The van der Waals surface area contributed by atoms with Crippen molar-refractivity contribution in [2.45, 2.75) is 38.7 Å². The van der Waals surface area contributed by atoms with Crippen molar-refractivity contribution in [3.05, 3.63) is 0 Å². The fraction of sp³-hybridized carbons (Fsp3) is 1.00. The highest BCUT2D eigenvalue weighted by molar-refractivity contribution is 7.89. The summed E-state index contributed by atoms with van der Waals surface area (Å²) in [4.78, 5) is 0. The molecule has 0 saturated carbocycles. The van der Waals surface area contributed by atoms with Crippen LogP contribution in [0.3, 0.4) is 0 Å². The molecule has 0 rings (SSSR count). The summed E-state index contributed by atoms with van der Waals surface area (Å²) >= 11 is 0. The monoisotopic (exact) mass is 253 g/mol. The van der Waals surface area contributed by atoms with Gasteiger partial charge in [-0.05, 0) is 19.8 Å². The first-order valence-electron chi connectivity index (χ1n) is 5.56. The Bertz CT molecular complexity index is 254. The third kappa shape index (κ3) is 11.9. The minimum Gasteiger partial charge on any atom is -0.382 e. The van der Waals surface area contributed by atoms with Gasteiger partial charge in [-0.15, -0.1) is 0 Å². The van der Waals surface area contributed by atoms with Crippen LogP contribution in [0, 0.1) is 0 Å². The third-order valence-electron chi connectivity index (χ3n) is 2.13. The molecule has 0 radical (unpaired) electrons. The first-order chi connectivity index (χ1) is 7.45. The maximum absolute atomic E-state index is 10.6. The Labute approximate surface area is 98.4 Å². The number of hydrogen-bond acceptors (Lipinski definition) is 4. The molecule has 0 aromatic carbocycles. The SMILES string of the molecule is COCC(C)OCCCCCCS(N)(=O)=O. The van der Waals surface area contributed by atoms with Crippen molar-refractivity contribution in [3.63, 3.8) is 0 Å². The maximum Gasteiger partial charge on any atom is 0.209 e. The standard InChI is InChI=1S/C10H23NO4S/c1-10(9-14-2)15-7-5-3-4-6-8-16(11,12)13/h10H,3-9H2,1-2H3,(H2,11,12,13). The van der Waals surface area contributed by atoms with Crippen molar-refractivity contribution in [2.24, 2.45) is 5.14 Å². The molecule has 0 fully saturated rings. The first kappa shape index (κ1) is 15.8. The smallest absolute Gasteiger partial charge is 0.209 e. The quantitative estimate of drug-likeness (QED) is 0.586. The molecule has 1 unspecified atom stereocenters. The van der Waals surface area contributed by atoms with Gasteiger partial charge in [0.25, 0.3) is 0 Å². The molecule has 0 aliphatic heterocycles. The predicted octanol–water partition coefficient (Wildman–Crippen LogP) is 0.887. The summed E-state index contributed by atoms with van der Waals surface area (Å²) in [5, 5.41) is 4.88. The van der Waals surface area contributed by atoms with Crippen LogP contribution in [0.4, 0.5) is 0 Å². The predicted molar refractivity (Wildman–Crippen MR) is 63.7 cm³/mol. The molecule has 0 heterocycles. The Balaban J connectivity index is 3.22. The van der Waals surface area contributed by atoms with Gasteiger partial charge in [0.2, 0.25) is 10.0 Å². The fourth-order valence-corrected chi connectivity index (χ4v) is 1.93. The van der Waals surface area contributed by atoms with Gasteiger partial charge in [-0.3, -0.25) is 0 Å². The minimum atomic E-state index is -3.29. The zero-order valence-electron chi connectivity index (χ0n) is 10.1. The lowest BCUT2D eigenvalue weighted by molar-refractivity contribution is 0.00766. The van der Waals surface area contributed by atoms with Crippen LogP contribution in [0.5, 0.6) is 0 Å². The van der Waals surface area contributed by atoms with Gasteiger partial charge in [-0.25, -0.2) is 13.6 Å². The van der Waals surface area contributed by atoms with Crippen LogP contribution >= 0.6 is 0 Å². The van der Waals surface area contributed by atoms with Crippen molar-refractivity contribution in [2.75, 3.05) is 26.1 Å². The normalized spacial score (nSPS) is 13.9. The average molecular weight is 253 g/mol. The van der Waals surface area contributed by atoms with Gasteiger partial charge >= 0.3 is 0 Å². The van der Waals surface area contributed by atoms with Crippen LogP contribution in [-0.2, 0) is 19.5 Å². The van der Waals surface area contributed by atoms with Gasteiger partial charge in [0, 0.05) is 13.7 Å². The second kappa shape index (κ2) is 8.92. The Hall–Kier alpha value is -0.170. The zero-order chi connectivity index (χ0) is 12.4. The topological polar surface area (TPSA) is 78.6 Å². The van der Waals surface area contributed by atoms with Crippen LogP contribution in [0.1, 0.15) is 32.6 Å². The van der Waals surface area contributed by atoms with Gasteiger partial charge in [0.15, 0.2) is 0 Å². The van der Waals surface area contributed by atoms with Gasteiger partial charge < -0.3 is 9.47 Å². The van der Waals surface area contributed by atoms with Crippen molar-refractivity contribution in [1.82, 2.24) is 0 Å². The zero-order valence-corrected chi connectivity index (χ0v) is 11.0. The van der Waals surface area contributed by atoms with E-state index < -0.39 is 10.0 Å². The highest BCUT2D eigenvalue weighted by Crippen LogP contribution is 2.02. The van der Waals surface area contributed by atoms with Crippen LogP contribution in [0.15, 0.2) is 0 Å². The number of nitrogens with two attached hydrogens (primary N) is 1. The molecule has 0 aromatic rings. The van der Waals surface area contributed by atoms with E-state index in [4.69, 9.17) is 14.6 Å². The summed E-state index contributed by atoms with van der Waals surface area (Å²) < 4.78 is 31.6. The molecular weight excluding hydrogens is 230 g/mol. The number of ether oxygens (including phenoxy) is 2. The molecule has 0 aromatic heterocycles. The average Bonchev–Trinajstić information content (AvgIpc) is 2.15. The van der Waals surface area contributed by atoms with E-state index in [-0.39, 0.29) is 11.9 Å². The van der Waals surface area contributed by atoms with Crippen LogP contribution < -0.4 is 5.14 Å². The summed E-state index contributed by atoms with van der Waals surface area (Å²) in [5.74, 6) is 0.0773. The van der Waals surface area contributed by atoms with E-state index in [0.717, 1.165) is 19.3 Å². The van der Waals surface area contributed by atoms with Gasteiger partial charge in [0.05, 0.1) is 18.5 Å². The molecule has 98 valence electrons. The Morgan fingerprint density at radius 2 is 1.81 bits per heavy atom. The molecule has 0 amide bonds. The van der Waals surface area contributed by atoms with Crippen molar-refractivity contribution < 1.29 is 17.9 Å². The highest BCUT2D eigenvalue weighted by atomic mass is 32.2. The minimum absolute atomic E-state index is 0.0773. The molecular formula is C10H23NO4S. The molecule has 6 heteroatoms. The van der Waals surface area contributed by atoms with Gasteiger partial charge in [-0.2, -0.15) is 0 Å². The molecule has 0 spiro atoms. The fourth-order valence-electron chi connectivity index (χ4n) is 1.33. The summed E-state index contributed by atoms with van der Waals surface area (Å²) in [6, 6.07) is 0. The number of rotatable bonds is 10. The van der Waals surface area contributed by atoms with E-state index >= 15 is 0 Å². The van der Waals surface area contributed by atoms with Crippen LogP contribution in [0.25, 0.3) is 0 Å². The number of primary sulfonamides is 1. The van der Waals surface area contributed by atoms with Crippen molar-refractivity contribution in [3.8, 4) is 0 Å². The molecule has 16 heavy (non-hydrogen) atoms. The van der Waals surface area contributed by atoms with E-state index in [1.807, 2.05) is 6.92 Å². The maximum atomic E-state index is 10.6. The lowest BCUT2D eigenvalue weighted by Crippen LogP contribution is -2.16. The molecule has 1 atom stereocenters. The second-order valence-electron chi connectivity index (χ2n) is 3.92. The summed E-state index contributed by atoms with van der Waals surface area (Å²) in [6.07, 6.45) is 3.54. The molecule has 0 saturated heterocycles. The first-order valence-corrected chi connectivity index (χ1v) is 7.28. The molecule has 0 aliphatic carbocycles. The summed E-state index contributed by atoms with van der Waals surface area (Å²) in [6.45, 7) is 3.26. The second-order valence-corrected chi connectivity index (χ2v) is 5.65. The lowest BCUT2D eigenvalue weighted by Gasteiger charge is -2.11. The Morgan fingerprint density at radius 3 is 2.38 bits per heavy atom. The summed E-state index contributed by atoms with van der Waals surface area (Å²) in [7, 11) is -1.64. The van der Waals surface area contributed by atoms with E-state index in [0.29, 0.717) is 19.6 Å². The highest BCUT2D eigenvalue weighted by Gasteiger charge is 2.02. The van der Waals surface area contributed by atoms with E-state index in [1.165, 1.54) is 0 Å².